The number of aryl methyl sites for hydroxylation is 2. The number of halogens is 1. The van der Waals surface area contributed by atoms with Crippen LogP contribution in [0.4, 0.5) is 0 Å². The molecule has 2 heterocycles. The first-order valence-electron chi connectivity index (χ1n) is 6.16. The van der Waals surface area contributed by atoms with E-state index in [1.54, 1.807) is 22.7 Å². The van der Waals surface area contributed by atoms with Crippen LogP contribution in [-0.4, -0.2) is 6.54 Å². The van der Waals surface area contributed by atoms with Gasteiger partial charge in [-0.2, -0.15) is 0 Å². The molecule has 98 valence electrons. The molecule has 0 aliphatic rings. The lowest BCUT2D eigenvalue weighted by Crippen LogP contribution is -2.22. The van der Waals surface area contributed by atoms with E-state index in [-0.39, 0.29) is 6.04 Å². The fourth-order valence-corrected chi connectivity index (χ4v) is 4.11. The largest absolute Gasteiger partial charge is 0.306 e. The third-order valence-electron chi connectivity index (χ3n) is 3.00. The van der Waals surface area contributed by atoms with E-state index in [2.05, 4.69) is 42.9 Å². The van der Waals surface area contributed by atoms with Crippen LogP contribution in [0.5, 0.6) is 0 Å². The molecule has 1 N–H and O–H groups in total. The summed E-state index contributed by atoms with van der Waals surface area (Å²) in [6.07, 6.45) is 1.13. The van der Waals surface area contributed by atoms with E-state index in [0.29, 0.717) is 0 Å². The Morgan fingerprint density at radius 3 is 2.61 bits per heavy atom. The van der Waals surface area contributed by atoms with E-state index in [1.165, 1.54) is 20.9 Å². The van der Waals surface area contributed by atoms with Crippen molar-refractivity contribution in [1.29, 1.82) is 0 Å². The predicted molar refractivity (Wildman–Crippen MR) is 83.3 cm³/mol. The normalized spacial score (nSPS) is 12.9. The topological polar surface area (TPSA) is 12.0 Å². The fourth-order valence-electron chi connectivity index (χ4n) is 1.97. The van der Waals surface area contributed by atoms with Crippen molar-refractivity contribution in [3.8, 4) is 0 Å². The number of rotatable bonds is 5. The van der Waals surface area contributed by atoms with Crippen LogP contribution in [0.1, 0.15) is 40.3 Å². The SMILES string of the molecule is CCCNC(c1ccsc1C)c1scc(C)c1Cl. The Bertz CT molecular complexity index is 516. The van der Waals surface area contributed by atoms with Gasteiger partial charge in [0.05, 0.1) is 11.1 Å². The van der Waals surface area contributed by atoms with Crippen LogP contribution in [0, 0.1) is 13.8 Å². The summed E-state index contributed by atoms with van der Waals surface area (Å²) in [4.78, 5) is 2.61. The van der Waals surface area contributed by atoms with Crippen molar-refractivity contribution < 1.29 is 0 Å². The molecule has 0 aliphatic heterocycles. The number of nitrogens with one attached hydrogen (secondary N) is 1. The molecule has 18 heavy (non-hydrogen) atoms. The molecule has 0 saturated heterocycles. The molecule has 0 fully saturated rings. The van der Waals surface area contributed by atoms with E-state index in [4.69, 9.17) is 11.6 Å². The van der Waals surface area contributed by atoms with E-state index in [1.807, 2.05) is 0 Å². The van der Waals surface area contributed by atoms with Crippen molar-refractivity contribution in [2.45, 2.75) is 33.2 Å². The zero-order chi connectivity index (χ0) is 13.1. The molecule has 2 aromatic rings. The van der Waals surface area contributed by atoms with E-state index in [9.17, 15) is 0 Å². The van der Waals surface area contributed by atoms with Crippen LogP contribution in [0.15, 0.2) is 16.8 Å². The quantitative estimate of drug-likeness (QED) is 0.803. The highest BCUT2D eigenvalue weighted by Gasteiger charge is 2.21. The lowest BCUT2D eigenvalue weighted by molar-refractivity contribution is 0.605. The molecule has 0 bridgehead atoms. The summed E-state index contributed by atoms with van der Waals surface area (Å²) in [5.74, 6) is 0. The minimum atomic E-state index is 0.238. The highest BCUT2D eigenvalue weighted by Crippen LogP contribution is 2.37. The zero-order valence-corrected chi connectivity index (χ0v) is 13.3. The first-order chi connectivity index (χ1) is 8.65. The Balaban J connectivity index is 2.37. The van der Waals surface area contributed by atoms with Crippen LogP contribution in [0.2, 0.25) is 5.02 Å². The van der Waals surface area contributed by atoms with Gasteiger partial charge in [-0.1, -0.05) is 18.5 Å². The molecule has 4 heteroatoms. The number of hydrogen-bond donors (Lipinski definition) is 1. The molecule has 0 saturated carbocycles. The summed E-state index contributed by atoms with van der Waals surface area (Å²) in [5, 5.41) is 8.82. The Morgan fingerprint density at radius 1 is 1.33 bits per heavy atom. The van der Waals surface area contributed by atoms with Gasteiger partial charge in [-0.15, -0.1) is 22.7 Å². The summed E-state index contributed by atoms with van der Waals surface area (Å²) < 4.78 is 0. The Hall–Kier alpha value is -0.350. The highest BCUT2D eigenvalue weighted by atomic mass is 35.5. The number of hydrogen-bond acceptors (Lipinski definition) is 3. The Kier molecular flexibility index (Phi) is 4.84. The average molecular weight is 300 g/mol. The molecule has 0 aromatic carbocycles. The molecule has 0 radical (unpaired) electrons. The van der Waals surface area contributed by atoms with Gasteiger partial charge in [0, 0.05) is 9.75 Å². The van der Waals surface area contributed by atoms with Crippen molar-refractivity contribution in [1.82, 2.24) is 5.32 Å². The lowest BCUT2D eigenvalue weighted by atomic mass is 10.1. The summed E-state index contributed by atoms with van der Waals surface area (Å²) in [6.45, 7) is 7.44. The summed E-state index contributed by atoms with van der Waals surface area (Å²) in [7, 11) is 0. The average Bonchev–Trinajstić information content (AvgIpc) is 2.91. The van der Waals surface area contributed by atoms with Crippen molar-refractivity contribution >= 4 is 34.3 Å². The molecule has 0 spiro atoms. The Morgan fingerprint density at radius 2 is 2.11 bits per heavy atom. The van der Waals surface area contributed by atoms with Crippen molar-refractivity contribution in [3.63, 3.8) is 0 Å². The third-order valence-corrected chi connectivity index (χ3v) is 5.64. The third kappa shape index (κ3) is 2.80. The van der Waals surface area contributed by atoms with Crippen LogP contribution in [0.3, 0.4) is 0 Å². The van der Waals surface area contributed by atoms with Gasteiger partial charge in [0.25, 0.3) is 0 Å². The fraction of sp³-hybridized carbons (Fsp3) is 0.429. The standard InChI is InChI=1S/C14H18ClNS2/c1-4-6-16-13(11-5-7-17-10(11)3)14-12(15)9(2)8-18-14/h5,7-8,13,16H,4,6H2,1-3H3. The van der Waals surface area contributed by atoms with Crippen molar-refractivity contribution in [2.24, 2.45) is 0 Å². The minimum absolute atomic E-state index is 0.238. The zero-order valence-electron chi connectivity index (χ0n) is 10.9. The summed E-state index contributed by atoms with van der Waals surface area (Å²) in [5.41, 5.74) is 2.53. The molecule has 2 aromatic heterocycles. The molecule has 1 nitrogen and oxygen atoms in total. The maximum Gasteiger partial charge on any atom is 0.0696 e. The van der Waals surface area contributed by atoms with E-state index < -0.39 is 0 Å². The smallest absolute Gasteiger partial charge is 0.0696 e. The van der Waals surface area contributed by atoms with Gasteiger partial charge in [0.2, 0.25) is 0 Å². The summed E-state index contributed by atoms with van der Waals surface area (Å²) in [6, 6.07) is 2.45. The molecule has 2 rings (SSSR count). The van der Waals surface area contributed by atoms with Gasteiger partial charge < -0.3 is 5.32 Å². The minimum Gasteiger partial charge on any atom is -0.306 e. The highest BCUT2D eigenvalue weighted by molar-refractivity contribution is 7.11. The van der Waals surface area contributed by atoms with Crippen LogP contribution < -0.4 is 5.32 Å². The molecular weight excluding hydrogens is 282 g/mol. The van der Waals surface area contributed by atoms with Crippen molar-refractivity contribution in [3.05, 3.63) is 42.7 Å². The van der Waals surface area contributed by atoms with Crippen LogP contribution >= 0.6 is 34.3 Å². The van der Waals surface area contributed by atoms with Gasteiger partial charge in [-0.25, -0.2) is 0 Å². The maximum absolute atomic E-state index is 6.43. The Labute approximate surface area is 122 Å². The van der Waals surface area contributed by atoms with Gasteiger partial charge >= 0.3 is 0 Å². The molecule has 0 amide bonds. The maximum atomic E-state index is 6.43. The first-order valence-corrected chi connectivity index (χ1v) is 8.29. The van der Waals surface area contributed by atoms with Crippen LogP contribution in [0.25, 0.3) is 0 Å². The molecule has 1 unspecified atom stereocenters. The molecule has 1 atom stereocenters. The van der Waals surface area contributed by atoms with Gasteiger partial charge in [-0.05, 0) is 54.8 Å². The van der Waals surface area contributed by atoms with Gasteiger partial charge in [0.15, 0.2) is 0 Å². The monoisotopic (exact) mass is 299 g/mol. The van der Waals surface area contributed by atoms with Gasteiger partial charge in [0.1, 0.15) is 0 Å². The van der Waals surface area contributed by atoms with E-state index >= 15 is 0 Å². The van der Waals surface area contributed by atoms with Crippen molar-refractivity contribution in [2.75, 3.05) is 6.54 Å². The second-order valence-electron chi connectivity index (χ2n) is 4.42. The van der Waals surface area contributed by atoms with E-state index in [0.717, 1.165) is 18.0 Å². The second-order valence-corrected chi connectivity index (χ2v) is 6.83. The molecular formula is C14H18ClNS2. The van der Waals surface area contributed by atoms with Crippen LogP contribution in [-0.2, 0) is 0 Å². The summed E-state index contributed by atoms with van der Waals surface area (Å²) >= 11 is 9.97. The van der Waals surface area contributed by atoms with Gasteiger partial charge in [-0.3, -0.25) is 0 Å². The first kappa shape index (κ1) is 14.1. The number of thiophene rings is 2. The molecule has 0 aliphatic carbocycles. The second kappa shape index (κ2) is 6.20. The lowest BCUT2D eigenvalue weighted by Gasteiger charge is -2.18. The predicted octanol–water partition coefficient (Wildman–Crippen LogP) is 5.17.